The van der Waals surface area contributed by atoms with Crippen LogP contribution in [0.1, 0.15) is 44.4 Å². The molecule has 0 radical (unpaired) electrons. The maximum Gasteiger partial charge on any atom is 0.262 e. The van der Waals surface area contributed by atoms with E-state index in [-0.39, 0.29) is 17.9 Å². The number of hydrogen-bond donors (Lipinski definition) is 1. The van der Waals surface area contributed by atoms with Crippen LogP contribution in [-0.2, 0) is 16.6 Å². The van der Waals surface area contributed by atoms with Crippen molar-refractivity contribution in [1.29, 1.82) is 0 Å². The lowest BCUT2D eigenvalue weighted by molar-refractivity contribution is -0.118. The van der Waals surface area contributed by atoms with Crippen LogP contribution in [0.4, 0.5) is 5.69 Å². The van der Waals surface area contributed by atoms with Crippen LogP contribution >= 0.6 is 0 Å². The Morgan fingerprint density at radius 1 is 1.08 bits per heavy atom. The first kappa shape index (κ1) is 18.1. The fourth-order valence-corrected chi connectivity index (χ4v) is 2.53. The molecule has 24 heavy (non-hydrogen) atoms. The Morgan fingerprint density at radius 2 is 1.75 bits per heavy atom. The van der Waals surface area contributed by atoms with Crippen LogP contribution in [0.5, 0.6) is 5.75 Å². The molecule has 0 saturated heterocycles. The Morgan fingerprint density at radius 3 is 2.33 bits per heavy atom. The van der Waals surface area contributed by atoms with E-state index in [1.54, 1.807) is 0 Å². The second-order valence-corrected chi connectivity index (χ2v) is 7.14. The fraction of sp³-hybridized carbons (Fsp3) is 0.381. The average Bonchev–Trinajstić information content (AvgIpc) is 2.52. The third-order valence-electron chi connectivity index (χ3n) is 3.95. The molecular weight excluding hydrogens is 298 g/mol. The lowest BCUT2D eigenvalue weighted by atomic mass is 9.86. The van der Waals surface area contributed by atoms with Crippen molar-refractivity contribution >= 4 is 11.6 Å². The highest BCUT2D eigenvalue weighted by Gasteiger charge is 2.19. The number of aryl methyl sites for hydroxylation is 2. The zero-order valence-corrected chi connectivity index (χ0v) is 15.3. The van der Waals surface area contributed by atoms with E-state index in [0.717, 1.165) is 29.0 Å². The van der Waals surface area contributed by atoms with Crippen molar-refractivity contribution in [2.24, 2.45) is 0 Å². The number of amides is 1. The summed E-state index contributed by atoms with van der Waals surface area (Å²) in [6, 6.07) is 14.0. The topological polar surface area (TPSA) is 38.3 Å². The van der Waals surface area contributed by atoms with Crippen molar-refractivity contribution < 1.29 is 9.53 Å². The molecule has 0 heterocycles. The summed E-state index contributed by atoms with van der Waals surface area (Å²) in [5, 5.41) is 2.87. The second-order valence-electron chi connectivity index (χ2n) is 7.14. The lowest BCUT2D eigenvalue weighted by Gasteiger charge is -2.23. The number of hydrogen-bond acceptors (Lipinski definition) is 2. The van der Waals surface area contributed by atoms with E-state index >= 15 is 0 Å². The van der Waals surface area contributed by atoms with Crippen LogP contribution in [-0.4, -0.2) is 12.5 Å². The molecule has 0 saturated carbocycles. The Balaban J connectivity index is 2.02. The third kappa shape index (κ3) is 4.85. The first-order valence-electron chi connectivity index (χ1n) is 8.42. The number of benzene rings is 2. The van der Waals surface area contributed by atoms with Crippen LogP contribution < -0.4 is 10.1 Å². The van der Waals surface area contributed by atoms with Crippen LogP contribution in [0.25, 0.3) is 0 Å². The molecule has 3 heteroatoms. The highest BCUT2D eigenvalue weighted by molar-refractivity contribution is 5.91. The number of nitrogens with one attached hydrogen (secondary N) is 1. The average molecular weight is 325 g/mol. The minimum absolute atomic E-state index is 0.00205. The van der Waals surface area contributed by atoms with Crippen LogP contribution in [0.15, 0.2) is 42.5 Å². The van der Waals surface area contributed by atoms with Gasteiger partial charge in [-0.15, -0.1) is 0 Å². The largest absolute Gasteiger partial charge is 0.483 e. The molecule has 3 nitrogen and oxygen atoms in total. The molecule has 0 bridgehead atoms. The van der Waals surface area contributed by atoms with Crippen LogP contribution in [0.2, 0.25) is 0 Å². The van der Waals surface area contributed by atoms with E-state index in [9.17, 15) is 4.79 Å². The molecular formula is C21H27NO2. The quantitative estimate of drug-likeness (QED) is 0.851. The fourth-order valence-electron chi connectivity index (χ4n) is 2.53. The summed E-state index contributed by atoms with van der Waals surface area (Å²) >= 11 is 0. The summed E-state index contributed by atoms with van der Waals surface area (Å²) in [4.78, 5) is 12.2. The van der Waals surface area contributed by atoms with Crippen molar-refractivity contribution in [3.05, 3.63) is 59.2 Å². The van der Waals surface area contributed by atoms with E-state index in [0.29, 0.717) is 0 Å². The number of ether oxygens (including phenoxy) is 1. The summed E-state index contributed by atoms with van der Waals surface area (Å²) in [6.07, 6.45) is 0.986. The number of anilines is 1. The maximum atomic E-state index is 12.2. The lowest BCUT2D eigenvalue weighted by Crippen LogP contribution is -2.22. The summed E-state index contributed by atoms with van der Waals surface area (Å²) in [5.74, 6) is 0.625. The highest BCUT2D eigenvalue weighted by atomic mass is 16.5. The van der Waals surface area contributed by atoms with Gasteiger partial charge in [0.1, 0.15) is 5.75 Å². The first-order valence-corrected chi connectivity index (χ1v) is 8.42. The van der Waals surface area contributed by atoms with Crippen molar-refractivity contribution in [2.45, 2.75) is 46.5 Å². The maximum absolute atomic E-state index is 12.2. The van der Waals surface area contributed by atoms with Gasteiger partial charge in [0.15, 0.2) is 6.61 Å². The molecule has 0 aliphatic carbocycles. The highest BCUT2D eigenvalue weighted by Crippen LogP contribution is 2.32. The van der Waals surface area contributed by atoms with Crippen molar-refractivity contribution in [2.75, 3.05) is 11.9 Å². The minimum Gasteiger partial charge on any atom is -0.483 e. The SMILES string of the molecule is CCc1ccc(NC(=O)COc2cc(C)ccc2C(C)(C)C)cc1. The van der Waals surface area contributed by atoms with Crippen molar-refractivity contribution in [3.8, 4) is 5.75 Å². The Kier molecular flexibility index (Phi) is 5.66. The summed E-state index contributed by atoms with van der Waals surface area (Å²) in [7, 11) is 0. The normalized spacial score (nSPS) is 11.2. The van der Waals surface area contributed by atoms with Gasteiger partial charge in [0.2, 0.25) is 0 Å². The number of rotatable bonds is 5. The zero-order chi connectivity index (χ0) is 17.7. The van der Waals surface area contributed by atoms with Gasteiger partial charge in [0.25, 0.3) is 5.91 Å². The molecule has 0 aromatic heterocycles. The van der Waals surface area contributed by atoms with Gasteiger partial charge < -0.3 is 10.1 Å². The Bertz CT molecular complexity index is 697. The smallest absolute Gasteiger partial charge is 0.262 e. The Hall–Kier alpha value is -2.29. The van der Waals surface area contributed by atoms with E-state index in [1.807, 2.05) is 37.3 Å². The molecule has 0 aliphatic rings. The molecule has 2 aromatic carbocycles. The van der Waals surface area contributed by atoms with Gasteiger partial charge in [-0.1, -0.05) is 52.0 Å². The number of carbonyl (C=O) groups excluding carboxylic acids is 1. The summed E-state index contributed by atoms with van der Waals surface area (Å²) < 4.78 is 5.81. The van der Waals surface area contributed by atoms with E-state index < -0.39 is 0 Å². The molecule has 0 aliphatic heterocycles. The molecule has 128 valence electrons. The summed E-state index contributed by atoms with van der Waals surface area (Å²) in [5.41, 5.74) is 4.23. The second kappa shape index (κ2) is 7.52. The van der Waals surface area contributed by atoms with Gasteiger partial charge >= 0.3 is 0 Å². The molecule has 2 aromatic rings. The first-order chi connectivity index (χ1) is 11.3. The van der Waals surface area contributed by atoms with Gasteiger partial charge in [-0.25, -0.2) is 0 Å². The van der Waals surface area contributed by atoms with E-state index in [4.69, 9.17) is 4.74 Å². The predicted molar refractivity (Wildman–Crippen MR) is 99.8 cm³/mol. The van der Waals surface area contributed by atoms with Gasteiger partial charge in [0, 0.05) is 5.69 Å². The monoisotopic (exact) mass is 325 g/mol. The predicted octanol–water partition coefficient (Wildman–Crippen LogP) is 4.87. The zero-order valence-electron chi connectivity index (χ0n) is 15.3. The molecule has 1 N–H and O–H groups in total. The van der Waals surface area contributed by atoms with E-state index in [2.05, 4.69) is 45.1 Å². The minimum atomic E-state index is -0.152. The summed E-state index contributed by atoms with van der Waals surface area (Å²) in [6.45, 7) is 10.5. The van der Waals surface area contributed by atoms with Gasteiger partial charge in [-0.3, -0.25) is 4.79 Å². The van der Waals surface area contributed by atoms with Gasteiger partial charge in [-0.05, 0) is 53.6 Å². The molecule has 0 atom stereocenters. The molecule has 0 unspecified atom stereocenters. The standard InChI is InChI=1S/C21H27NO2/c1-6-16-8-10-17(11-9-16)22-20(23)14-24-19-13-15(2)7-12-18(19)21(3,4)5/h7-13H,6,14H2,1-5H3,(H,22,23). The van der Waals surface area contributed by atoms with Crippen LogP contribution in [0.3, 0.4) is 0 Å². The molecule has 0 spiro atoms. The third-order valence-corrected chi connectivity index (χ3v) is 3.95. The van der Waals surface area contributed by atoms with Crippen molar-refractivity contribution in [3.63, 3.8) is 0 Å². The molecule has 1 amide bonds. The Labute approximate surface area is 145 Å². The number of carbonyl (C=O) groups is 1. The molecule has 0 fully saturated rings. The van der Waals surface area contributed by atoms with Crippen LogP contribution in [0, 0.1) is 6.92 Å². The van der Waals surface area contributed by atoms with E-state index in [1.165, 1.54) is 5.56 Å². The van der Waals surface area contributed by atoms with Gasteiger partial charge in [-0.2, -0.15) is 0 Å². The van der Waals surface area contributed by atoms with Gasteiger partial charge in [0.05, 0.1) is 0 Å². The molecule has 2 rings (SSSR count). The van der Waals surface area contributed by atoms with Crippen molar-refractivity contribution in [1.82, 2.24) is 0 Å².